The smallest absolute Gasteiger partial charge is 0.314 e. The second-order valence-electron chi connectivity index (χ2n) is 13.8. The van der Waals surface area contributed by atoms with E-state index in [1.54, 1.807) is 0 Å². The zero-order chi connectivity index (χ0) is 31.5. The fraction of sp³-hybridized carbons (Fsp3) is 0.675. The summed E-state index contributed by atoms with van der Waals surface area (Å²) in [4.78, 5) is 25.8. The molecule has 1 aromatic heterocycles. The number of aryl methyl sites for hydroxylation is 1. The molecule has 2 aromatic rings. The third-order valence-corrected chi connectivity index (χ3v) is 9.91. The molecular weight excluding hydrogens is 554 g/mol. The first kappa shape index (κ1) is 35.1. The molecule has 3 fully saturated rings. The molecule has 246 valence electrons. The van der Waals surface area contributed by atoms with Crippen molar-refractivity contribution in [1.82, 2.24) is 4.98 Å². The number of hydrogen-bond acceptors (Lipinski definition) is 5. The largest absolute Gasteiger partial charge is 0.426 e. The lowest BCUT2D eigenvalue weighted by Gasteiger charge is -2.33. The molecule has 3 aliphatic rings. The predicted molar refractivity (Wildman–Crippen MR) is 187 cm³/mol. The summed E-state index contributed by atoms with van der Waals surface area (Å²) in [6.07, 6.45) is 28.6. The van der Waals surface area contributed by atoms with Crippen LogP contribution in [0.3, 0.4) is 0 Å². The van der Waals surface area contributed by atoms with E-state index >= 15 is 0 Å². The minimum absolute atomic E-state index is 0.0766. The Morgan fingerprint density at radius 3 is 1.98 bits per heavy atom. The third-order valence-electron chi connectivity index (χ3n) is 9.91. The average molecular weight is 614 g/mol. The van der Waals surface area contributed by atoms with Gasteiger partial charge >= 0.3 is 5.97 Å². The first-order valence-corrected chi connectivity index (χ1v) is 18.6. The lowest BCUT2D eigenvalue weighted by Crippen LogP contribution is -2.33. The number of carbonyl (C=O) groups is 1. The van der Waals surface area contributed by atoms with Crippen molar-refractivity contribution in [1.29, 1.82) is 0 Å². The number of rotatable bonds is 14. The van der Waals surface area contributed by atoms with Crippen LogP contribution >= 0.6 is 0 Å². The summed E-state index contributed by atoms with van der Waals surface area (Å²) in [5, 5.41) is 0. The van der Waals surface area contributed by atoms with E-state index in [0.29, 0.717) is 23.8 Å². The minimum atomic E-state index is -0.0766. The predicted octanol–water partition coefficient (Wildman–Crippen LogP) is 11.2. The normalized spacial score (nSPS) is 20.2. The maximum atomic E-state index is 12.3. The summed E-state index contributed by atoms with van der Waals surface area (Å²) in [6, 6.07) is 16.0. The molecule has 5 nitrogen and oxygen atoms in total. The lowest BCUT2D eigenvalue weighted by molar-refractivity contribution is -0.143. The van der Waals surface area contributed by atoms with Gasteiger partial charge in [-0.3, -0.25) is 9.78 Å². The fourth-order valence-electron chi connectivity index (χ4n) is 6.93. The Balaban J connectivity index is 0.000000256. The van der Waals surface area contributed by atoms with Crippen LogP contribution in [0.5, 0.6) is 5.75 Å². The van der Waals surface area contributed by atoms with Crippen LogP contribution in [0.2, 0.25) is 0 Å². The molecule has 0 spiro atoms. The van der Waals surface area contributed by atoms with Crippen molar-refractivity contribution in [3.8, 4) is 17.0 Å². The van der Waals surface area contributed by atoms with Gasteiger partial charge < -0.3 is 4.74 Å². The molecule has 0 radical (unpaired) electrons. The highest BCUT2D eigenvalue weighted by Crippen LogP contribution is 2.38. The number of nitrogens with zero attached hydrogens (tertiary/aromatic N) is 3. The Labute approximate surface area is 273 Å². The van der Waals surface area contributed by atoms with Crippen LogP contribution in [-0.2, 0) is 11.2 Å². The van der Waals surface area contributed by atoms with Crippen LogP contribution < -0.4 is 4.74 Å². The summed E-state index contributed by atoms with van der Waals surface area (Å²) < 4.78 is 5.57. The van der Waals surface area contributed by atoms with Crippen LogP contribution in [0.1, 0.15) is 148 Å². The summed E-state index contributed by atoms with van der Waals surface area (Å²) in [5.74, 6) is 1.35. The van der Waals surface area contributed by atoms with Gasteiger partial charge in [0.05, 0.1) is 29.7 Å². The number of ether oxygens (including phenoxy) is 1. The highest BCUT2D eigenvalue weighted by Gasteiger charge is 2.35. The molecule has 0 N–H and O–H groups in total. The van der Waals surface area contributed by atoms with Crippen molar-refractivity contribution in [2.24, 2.45) is 21.8 Å². The van der Waals surface area contributed by atoms with Gasteiger partial charge in [-0.2, -0.15) is 0 Å². The third kappa shape index (κ3) is 12.9. The van der Waals surface area contributed by atoms with Crippen LogP contribution in [0.4, 0.5) is 0 Å². The van der Waals surface area contributed by atoms with Crippen molar-refractivity contribution in [2.75, 3.05) is 0 Å². The maximum Gasteiger partial charge on any atom is 0.314 e. The molecule has 0 amide bonds. The first-order chi connectivity index (χ1) is 22.1. The van der Waals surface area contributed by atoms with Gasteiger partial charge in [0.2, 0.25) is 0 Å². The second kappa shape index (κ2) is 20.4. The number of aliphatic imine (C=N–C) groups is 2. The van der Waals surface area contributed by atoms with E-state index in [9.17, 15) is 4.79 Å². The molecule has 1 aromatic carbocycles. The van der Waals surface area contributed by atoms with Crippen LogP contribution in [0, 0.1) is 11.8 Å². The van der Waals surface area contributed by atoms with Gasteiger partial charge in [0.15, 0.2) is 0 Å². The molecular formula is C40H59N3O2. The Bertz CT molecular complexity index is 1130. The van der Waals surface area contributed by atoms with Gasteiger partial charge in [0.25, 0.3) is 0 Å². The van der Waals surface area contributed by atoms with Crippen LogP contribution in [0.15, 0.2) is 52.6 Å². The molecule has 0 unspecified atom stereocenters. The number of unbranched alkanes of at least 4 members (excludes halogenated alkanes) is 5. The van der Waals surface area contributed by atoms with E-state index in [2.05, 4.69) is 47.0 Å². The van der Waals surface area contributed by atoms with Gasteiger partial charge in [-0.25, -0.2) is 9.98 Å². The van der Waals surface area contributed by atoms with E-state index in [-0.39, 0.29) is 11.9 Å². The van der Waals surface area contributed by atoms with E-state index in [4.69, 9.17) is 4.74 Å². The first-order valence-electron chi connectivity index (χ1n) is 18.6. The monoisotopic (exact) mass is 613 g/mol. The zero-order valence-corrected chi connectivity index (χ0v) is 28.4. The molecule has 3 saturated carbocycles. The summed E-state index contributed by atoms with van der Waals surface area (Å²) in [7, 11) is 0. The Hall–Kier alpha value is -2.78. The number of esters is 1. The van der Waals surface area contributed by atoms with Crippen molar-refractivity contribution in [2.45, 2.75) is 161 Å². The average Bonchev–Trinajstić information content (AvgIpc) is 3.06. The molecule has 5 rings (SSSR count). The van der Waals surface area contributed by atoms with Gasteiger partial charge in [-0.05, 0) is 93.2 Å². The topological polar surface area (TPSA) is 63.9 Å². The van der Waals surface area contributed by atoms with Gasteiger partial charge in [-0.15, -0.1) is 0 Å². The number of pyridine rings is 1. The Morgan fingerprint density at radius 2 is 1.40 bits per heavy atom. The highest BCUT2D eigenvalue weighted by molar-refractivity contribution is 5.76. The second-order valence-corrected chi connectivity index (χ2v) is 13.8. The standard InChI is InChI=1S/C27H37NO2.C13H22N2/c1-3-5-6-7-8-9-11-21-12-17-26(28-20-21)23-13-15-25(16-14-23)30-27(29)24-18-22(19-24)10-4-2;1-3-7-12(8-4-1)14-11-15-13-9-5-2-6-10-13/h12-17,20,22,24H,3-11,18-19H2,1-2H3;12-13H,1-10H2. The van der Waals surface area contributed by atoms with Crippen molar-refractivity contribution >= 4 is 12.0 Å². The van der Waals surface area contributed by atoms with E-state index in [0.717, 1.165) is 30.5 Å². The maximum absolute atomic E-state index is 12.3. The number of benzene rings is 1. The molecule has 0 saturated heterocycles. The number of carbonyl (C=O) groups excluding carboxylic acids is 1. The SMILES string of the molecule is C(=NC1CCCCC1)=NC1CCCCC1.CCCCCCCCc1ccc(-c2ccc(OC(=O)C3CC(CCC)C3)cc2)nc1. The summed E-state index contributed by atoms with van der Waals surface area (Å²) >= 11 is 0. The van der Waals surface area contributed by atoms with Gasteiger partial charge in [0, 0.05) is 11.8 Å². The molecule has 45 heavy (non-hydrogen) atoms. The molecule has 0 bridgehead atoms. The molecule has 3 aliphatic carbocycles. The molecule has 1 heterocycles. The van der Waals surface area contributed by atoms with E-state index < -0.39 is 0 Å². The Kier molecular flexibility index (Phi) is 15.9. The zero-order valence-electron chi connectivity index (χ0n) is 28.4. The summed E-state index contributed by atoms with van der Waals surface area (Å²) in [6.45, 7) is 4.45. The van der Waals surface area contributed by atoms with Crippen LogP contribution in [-0.4, -0.2) is 29.0 Å². The van der Waals surface area contributed by atoms with Crippen molar-refractivity contribution in [3.05, 3.63) is 48.2 Å². The van der Waals surface area contributed by atoms with Crippen molar-refractivity contribution < 1.29 is 9.53 Å². The number of hydrogen-bond donors (Lipinski definition) is 0. The van der Waals surface area contributed by atoms with Crippen molar-refractivity contribution in [3.63, 3.8) is 0 Å². The van der Waals surface area contributed by atoms with Gasteiger partial charge in [0.1, 0.15) is 5.75 Å². The van der Waals surface area contributed by atoms with E-state index in [1.165, 1.54) is 121 Å². The molecule has 0 atom stereocenters. The fourth-order valence-corrected chi connectivity index (χ4v) is 6.93. The minimum Gasteiger partial charge on any atom is -0.426 e. The highest BCUT2D eigenvalue weighted by atomic mass is 16.5. The Morgan fingerprint density at radius 1 is 0.778 bits per heavy atom. The quantitative estimate of drug-likeness (QED) is 0.0921. The summed E-state index contributed by atoms with van der Waals surface area (Å²) in [5.41, 5.74) is 3.32. The number of aromatic nitrogens is 1. The lowest BCUT2D eigenvalue weighted by atomic mass is 9.73. The van der Waals surface area contributed by atoms with Gasteiger partial charge in [-0.1, -0.05) is 103 Å². The van der Waals surface area contributed by atoms with Crippen LogP contribution in [0.25, 0.3) is 11.3 Å². The molecule has 0 aliphatic heterocycles. The van der Waals surface area contributed by atoms with E-state index in [1.807, 2.05) is 30.5 Å². The molecule has 5 heteroatoms.